The molecule has 2 N–H and O–H groups in total. The number of carboxylic acids is 2. The summed E-state index contributed by atoms with van der Waals surface area (Å²) < 4.78 is 0. The lowest BCUT2D eigenvalue weighted by Crippen LogP contribution is -2.22. The molecule has 4 nitrogen and oxygen atoms in total. The minimum absolute atomic E-state index is 0.108. The van der Waals surface area contributed by atoms with Crippen LogP contribution in [0.1, 0.15) is 110 Å². The molecule has 0 saturated carbocycles. The van der Waals surface area contributed by atoms with Gasteiger partial charge in [0.05, 0.1) is 0 Å². The van der Waals surface area contributed by atoms with E-state index in [2.05, 4.69) is 18.8 Å². The van der Waals surface area contributed by atoms with Gasteiger partial charge in [-0.05, 0) is 6.42 Å². The van der Waals surface area contributed by atoms with Crippen molar-refractivity contribution in [3.05, 3.63) is 0 Å². The van der Waals surface area contributed by atoms with Crippen molar-refractivity contribution >= 4 is 11.9 Å². The van der Waals surface area contributed by atoms with E-state index in [4.69, 9.17) is 10.2 Å². The molecule has 0 aliphatic rings. The first-order valence-electron chi connectivity index (χ1n) is 10.5. The molecule has 0 aliphatic carbocycles. The van der Waals surface area contributed by atoms with Crippen LogP contribution in [0, 0.1) is 17.8 Å². The molecule has 26 heavy (non-hydrogen) atoms. The van der Waals surface area contributed by atoms with Crippen molar-refractivity contribution < 1.29 is 19.8 Å². The topological polar surface area (TPSA) is 74.6 Å². The monoisotopic (exact) mass is 366 g/mol. The largest absolute Gasteiger partial charge is 0.481 e. The third kappa shape index (κ3) is 16.0. The summed E-state index contributed by atoms with van der Waals surface area (Å²) in [7, 11) is 0. The number of unbranched alkanes of at least 4 members (excludes halogenated alkanes) is 14. The van der Waals surface area contributed by atoms with Crippen molar-refractivity contribution in [2.24, 2.45) is 5.92 Å². The summed E-state index contributed by atoms with van der Waals surface area (Å²) in [5.74, 6) is 1.54. The van der Waals surface area contributed by atoms with E-state index in [-0.39, 0.29) is 6.42 Å². The standard InChI is InChI=1S/C22H38O4/c1-2-3-4-5-6-7-8-9-10-11-12-13-14-15-16-17-18-19-20(21(23)24)22(25)26/h20H,2-16,19H2,1H3,(H,23,24)(H,25,26). The molecule has 0 spiro atoms. The summed E-state index contributed by atoms with van der Waals surface area (Å²) in [4.78, 5) is 21.4. The minimum atomic E-state index is -1.40. The quantitative estimate of drug-likeness (QED) is 0.187. The highest BCUT2D eigenvalue weighted by molar-refractivity contribution is 5.93. The van der Waals surface area contributed by atoms with Crippen LogP contribution in [-0.2, 0) is 9.59 Å². The Hall–Kier alpha value is -1.50. The predicted octanol–water partition coefficient (Wildman–Crippen LogP) is 6.04. The van der Waals surface area contributed by atoms with Gasteiger partial charge in [-0.25, -0.2) is 0 Å². The second kappa shape index (κ2) is 18.3. The third-order valence-electron chi connectivity index (χ3n) is 4.68. The lowest BCUT2D eigenvalue weighted by molar-refractivity contribution is -0.154. The van der Waals surface area contributed by atoms with Gasteiger partial charge in [-0.3, -0.25) is 9.59 Å². The first-order valence-corrected chi connectivity index (χ1v) is 10.5. The molecule has 0 aromatic rings. The molecular formula is C22H38O4. The SMILES string of the molecule is CCCCCCCCCCCCCCCCC#CCC(C(=O)O)C(=O)O. The molecule has 0 unspecified atom stereocenters. The van der Waals surface area contributed by atoms with Crippen molar-refractivity contribution in [3.8, 4) is 11.8 Å². The highest BCUT2D eigenvalue weighted by Gasteiger charge is 2.24. The van der Waals surface area contributed by atoms with E-state index in [0.717, 1.165) is 19.3 Å². The number of rotatable bonds is 17. The summed E-state index contributed by atoms with van der Waals surface area (Å²) in [5.41, 5.74) is 0. The molecular weight excluding hydrogens is 328 g/mol. The third-order valence-corrected chi connectivity index (χ3v) is 4.68. The maximum absolute atomic E-state index is 10.7. The second-order valence-electron chi connectivity index (χ2n) is 7.13. The predicted molar refractivity (Wildman–Crippen MR) is 106 cm³/mol. The van der Waals surface area contributed by atoms with Crippen LogP contribution < -0.4 is 0 Å². The Morgan fingerprint density at radius 1 is 0.654 bits per heavy atom. The van der Waals surface area contributed by atoms with Gasteiger partial charge in [-0.15, -0.1) is 11.8 Å². The normalized spacial score (nSPS) is 10.5. The van der Waals surface area contributed by atoms with E-state index in [9.17, 15) is 9.59 Å². The van der Waals surface area contributed by atoms with E-state index < -0.39 is 17.9 Å². The number of aliphatic carboxylic acids is 2. The lowest BCUT2D eigenvalue weighted by Gasteiger charge is -2.02. The average molecular weight is 367 g/mol. The summed E-state index contributed by atoms with van der Waals surface area (Å²) in [6.07, 6.45) is 19.0. The highest BCUT2D eigenvalue weighted by Crippen LogP contribution is 2.13. The fourth-order valence-corrected chi connectivity index (χ4v) is 2.95. The fourth-order valence-electron chi connectivity index (χ4n) is 2.95. The van der Waals surface area contributed by atoms with Crippen LogP contribution in [0.3, 0.4) is 0 Å². The molecule has 0 atom stereocenters. The maximum atomic E-state index is 10.7. The molecule has 0 aromatic heterocycles. The van der Waals surface area contributed by atoms with Crippen LogP contribution in [0.5, 0.6) is 0 Å². The van der Waals surface area contributed by atoms with Gasteiger partial charge in [0.15, 0.2) is 5.92 Å². The molecule has 0 fully saturated rings. The number of hydrogen-bond donors (Lipinski definition) is 2. The Morgan fingerprint density at radius 3 is 1.42 bits per heavy atom. The van der Waals surface area contributed by atoms with Crippen molar-refractivity contribution in [2.45, 2.75) is 110 Å². The summed E-state index contributed by atoms with van der Waals surface area (Å²) in [5, 5.41) is 17.5. The Kier molecular flexibility index (Phi) is 17.2. The van der Waals surface area contributed by atoms with Crippen LogP contribution in [-0.4, -0.2) is 22.2 Å². The minimum Gasteiger partial charge on any atom is -0.481 e. The maximum Gasteiger partial charge on any atom is 0.318 e. The molecule has 150 valence electrons. The van der Waals surface area contributed by atoms with E-state index in [1.54, 1.807) is 0 Å². The second-order valence-corrected chi connectivity index (χ2v) is 7.13. The van der Waals surface area contributed by atoms with E-state index in [1.165, 1.54) is 77.0 Å². The van der Waals surface area contributed by atoms with Gasteiger partial charge in [0.25, 0.3) is 0 Å². The van der Waals surface area contributed by atoms with Crippen molar-refractivity contribution in [1.29, 1.82) is 0 Å². The van der Waals surface area contributed by atoms with Crippen molar-refractivity contribution in [2.75, 3.05) is 0 Å². The summed E-state index contributed by atoms with van der Waals surface area (Å²) in [6, 6.07) is 0. The van der Waals surface area contributed by atoms with Crippen LogP contribution in [0.2, 0.25) is 0 Å². The molecule has 0 aromatic carbocycles. The van der Waals surface area contributed by atoms with Crippen LogP contribution >= 0.6 is 0 Å². The van der Waals surface area contributed by atoms with Gasteiger partial charge in [0, 0.05) is 12.8 Å². The van der Waals surface area contributed by atoms with Crippen LogP contribution in [0.25, 0.3) is 0 Å². The molecule has 0 bridgehead atoms. The van der Waals surface area contributed by atoms with Gasteiger partial charge in [0.2, 0.25) is 0 Å². The molecule has 0 heterocycles. The van der Waals surface area contributed by atoms with Crippen LogP contribution in [0.15, 0.2) is 0 Å². The Morgan fingerprint density at radius 2 is 1.04 bits per heavy atom. The Labute approximate surface area is 159 Å². The van der Waals surface area contributed by atoms with E-state index >= 15 is 0 Å². The zero-order chi connectivity index (χ0) is 19.5. The van der Waals surface area contributed by atoms with Gasteiger partial charge in [0.1, 0.15) is 0 Å². The molecule has 4 heteroatoms. The summed E-state index contributed by atoms with van der Waals surface area (Å²) in [6.45, 7) is 2.26. The summed E-state index contributed by atoms with van der Waals surface area (Å²) >= 11 is 0. The van der Waals surface area contributed by atoms with E-state index in [0.29, 0.717) is 0 Å². The smallest absolute Gasteiger partial charge is 0.318 e. The van der Waals surface area contributed by atoms with Gasteiger partial charge >= 0.3 is 11.9 Å². The molecule has 0 radical (unpaired) electrons. The van der Waals surface area contributed by atoms with Gasteiger partial charge in [-0.1, -0.05) is 90.4 Å². The Bertz CT molecular complexity index is 406. The van der Waals surface area contributed by atoms with Crippen molar-refractivity contribution in [3.63, 3.8) is 0 Å². The lowest BCUT2D eigenvalue weighted by atomic mass is 10.0. The zero-order valence-corrected chi connectivity index (χ0v) is 16.6. The average Bonchev–Trinajstić information content (AvgIpc) is 2.60. The first-order chi connectivity index (χ1) is 12.6. The van der Waals surface area contributed by atoms with Gasteiger partial charge < -0.3 is 10.2 Å². The zero-order valence-electron chi connectivity index (χ0n) is 16.6. The van der Waals surface area contributed by atoms with Crippen LogP contribution in [0.4, 0.5) is 0 Å². The Balaban J connectivity index is 3.33. The highest BCUT2D eigenvalue weighted by atomic mass is 16.4. The van der Waals surface area contributed by atoms with E-state index in [1.807, 2.05) is 0 Å². The number of carboxylic acid groups (broad SMARTS) is 2. The van der Waals surface area contributed by atoms with Crippen molar-refractivity contribution in [1.82, 2.24) is 0 Å². The first kappa shape index (κ1) is 24.5. The molecule has 0 aliphatic heterocycles. The number of hydrogen-bond acceptors (Lipinski definition) is 2. The molecule has 0 rings (SSSR count). The molecule has 0 saturated heterocycles. The van der Waals surface area contributed by atoms with Gasteiger partial charge in [-0.2, -0.15) is 0 Å². The fraction of sp³-hybridized carbons (Fsp3) is 0.818. The number of carbonyl (C=O) groups is 2. The molecule has 0 amide bonds.